The fraction of sp³-hybridized carbons (Fsp3) is 0.556. The van der Waals surface area contributed by atoms with Crippen molar-refractivity contribution < 1.29 is 28.6 Å². The summed E-state index contributed by atoms with van der Waals surface area (Å²) < 4.78 is 16.7. The first-order chi connectivity index (χ1) is 23.3. The van der Waals surface area contributed by atoms with Gasteiger partial charge in [0.2, 0.25) is 5.91 Å². The zero-order chi connectivity index (χ0) is 36.1. The van der Waals surface area contributed by atoms with E-state index in [1.165, 1.54) is 18.7 Å². The number of nitriles is 2. The second-order valence-electron chi connectivity index (χ2n) is 13.2. The van der Waals surface area contributed by atoms with E-state index in [1.54, 1.807) is 20.8 Å². The van der Waals surface area contributed by atoms with Gasteiger partial charge in [0.15, 0.2) is 0 Å². The van der Waals surface area contributed by atoms with Crippen LogP contribution in [-0.2, 0) is 42.5 Å². The van der Waals surface area contributed by atoms with Crippen LogP contribution in [0.15, 0.2) is 29.3 Å². The molecular formula is C36H48N6O6S. The van der Waals surface area contributed by atoms with Crippen LogP contribution in [-0.4, -0.2) is 67.0 Å². The number of alkyl carbamates (subject to hydrolysis) is 1. The first-order valence-electron chi connectivity index (χ1n) is 16.6. The van der Waals surface area contributed by atoms with Crippen LogP contribution in [0.25, 0.3) is 0 Å². The highest BCUT2D eigenvalue weighted by Crippen LogP contribution is 2.34. The second-order valence-corrected chi connectivity index (χ2v) is 14.1. The van der Waals surface area contributed by atoms with Gasteiger partial charge in [-0.2, -0.15) is 10.5 Å². The molecule has 1 aliphatic rings. The third-order valence-corrected chi connectivity index (χ3v) is 8.83. The van der Waals surface area contributed by atoms with Gasteiger partial charge in [-0.3, -0.25) is 4.79 Å². The minimum absolute atomic E-state index is 0.0481. The molecule has 12 nitrogen and oxygen atoms in total. The molecule has 2 amide bonds. The Morgan fingerprint density at radius 2 is 1.67 bits per heavy atom. The summed E-state index contributed by atoms with van der Waals surface area (Å²) in [6, 6.07) is 11.7. The molecule has 13 heteroatoms. The lowest BCUT2D eigenvalue weighted by molar-refractivity contribution is -0.149. The van der Waals surface area contributed by atoms with Crippen LogP contribution >= 0.6 is 11.8 Å². The van der Waals surface area contributed by atoms with Crippen molar-refractivity contribution in [1.82, 2.24) is 15.6 Å². The van der Waals surface area contributed by atoms with Crippen molar-refractivity contribution >= 4 is 35.5 Å². The Labute approximate surface area is 293 Å². The van der Waals surface area contributed by atoms with Crippen molar-refractivity contribution in [1.29, 1.82) is 10.5 Å². The number of amides is 2. The van der Waals surface area contributed by atoms with Gasteiger partial charge < -0.3 is 29.7 Å². The first-order valence-corrected chi connectivity index (χ1v) is 17.6. The standard InChI is InChI=1S/C36H48N6O6S/c1-8-28-29(19-37)32(41-33(30(28)20-38)49-22-26-11-9-25(10-12-26)21-39-24(4)43)42-15-13-27(14-16-42)46-17-18-47-34(44)31(23(2)3)40-35(45)48-36(5,6)7/h9-12,23,27,31H,8,13-18,21-22H2,1-7H3,(H,39,43)(H,40,45). The summed E-state index contributed by atoms with van der Waals surface area (Å²) in [5.41, 5.74) is 2.92. The summed E-state index contributed by atoms with van der Waals surface area (Å²) in [6.45, 7) is 14.2. The minimum atomic E-state index is -0.842. The molecule has 49 heavy (non-hydrogen) atoms. The molecule has 1 aromatic heterocycles. The molecule has 1 unspecified atom stereocenters. The smallest absolute Gasteiger partial charge is 0.408 e. The van der Waals surface area contributed by atoms with Crippen molar-refractivity contribution in [3.05, 3.63) is 52.1 Å². The summed E-state index contributed by atoms with van der Waals surface area (Å²) in [4.78, 5) is 43.0. The maximum absolute atomic E-state index is 12.7. The number of ether oxygens (including phenoxy) is 3. The molecule has 1 aromatic carbocycles. The Bertz CT molecular complexity index is 1540. The van der Waals surface area contributed by atoms with E-state index in [-0.39, 0.29) is 31.1 Å². The maximum atomic E-state index is 12.7. The van der Waals surface area contributed by atoms with Gasteiger partial charge in [0, 0.05) is 32.3 Å². The predicted molar refractivity (Wildman–Crippen MR) is 187 cm³/mol. The third-order valence-electron chi connectivity index (χ3n) is 7.78. The molecule has 0 spiro atoms. The molecule has 0 aliphatic carbocycles. The van der Waals surface area contributed by atoms with Gasteiger partial charge in [0.05, 0.1) is 23.8 Å². The largest absolute Gasteiger partial charge is 0.462 e. The number of piperidine rings is 1. The number of hydrogen-bond acceptors (Lipinski definition) is 11. The van der Waals surface area contributed by atoms with Crippen molar-refractivity contribution in [2.75, 3.05) is 31.2 Å². The lowest BCUT2D eigenvalue weighted by atomic mass is 10.0. The van der Waals surface area contributed by atoms with Gasteiger partial charge in [-0.25, -0.2) is 14.6 Å². The van der Waals surface area contributed by atoms with Gasteiger partial charge in [-0.05, 0) is 62.6 Å². The SMILES string of the molecule is CCc1c(C#N)c(SCc2ccc(CNC(C)=O)cc2)nc(N2CCC(OCCOC(=O)C(NC(=O)OC(C)(C)C)C(C)C)CC2)c1C#N. The van der Waals surface area contributed by atoms with Crippen molar-refractivity contribution in [3.63, 3.8) is 0 Å². The molecule has 1 atom stereocenters. The van der Waals surface area contributed by atoms with Crippen LogP contribution in [0, 0.1) is 28.6 Å². The van der Waals surface area contributed by atoms with Gasteiger partial charge in [-0.1, -0.05) is 45.0 Å². The van der Waals surface area contributed by atoms with E-state index in [4.69, 9.17) is 19.2 Å². The lowest BCUT2D eigenvalue weighted by Gasteiger charge is -2.34. The van der Waals surface area contributed by atoms with Crippen LogP contribution in [0.3, 0.4) is 0 Å². The van der Waals surface area contributed by atoms with E-state index in [9.17, 15) is 24.9 Å². The number of carbonyl (C=O) groups excluding carboxylic acids is 3. The highest BCUT2D eigenvalue weighted by molar-refractivity contribution is 7.98. The molecule has 0 bridgehead atoms. The zero-order valence-electron chi connectivity index (χ0n) is 29.6. The van der Waals surface area contributed by atoms with E-state index < -0.39 is 23.7 Å². The number of aromatic nitrogens is 1. The van der Waals surface area contributed by atoms with Crippen molar-refractivity contribution in [2.45, 2.75) is 103 Å². The van der Waals surface area contributed by atoms with Crippen molar-refractivity contribution in [3.8, 4) is 12.1 Å². The number of hydrogen-bond donors (Lipinski definition) is 2. The Morgan fingerprint density at radius 1 is 1.04 bits per heavy atom. The molecule has 2 heterocycles. The Balaban J connectivity index is 1.59. The van der Waals surface area contributed by atoms with Crippen molar-refractivity contribution in [2.24, 2.45) is 5.92 Å². The van der Waals surface area contributed by atoms with Crippen LogP contribution < -0.4 is 15.5 Å². The Hall–Kier alpha value is -4.33. The van der Waals surface area contributed by atoms with Gasteiger partial charge >= 0.3 is 12.1 Å². The molecule has 264 valence electrons. The molecule has 1 fully saturated rings. The molecule has 1 saturated heterocycles. The predicted octanol–water partition coefficient (Wildman–Crippen LogP) is 5.39. The molecule has 0 saturated carbocycles. The number of rotatable bonds is 14. The zero-order valence-corrected chi connectivity index (χ0v) is 30.4. The quantitative estimate of drug-likeness (QED) is 0.148. The molecule has 2 aromatic rings. The number of esters is 1. The molecule has 3 rings (SSSR count). The summed E-state index contributed by atoms with van der Waals surface area (Å²) >= 11 is 1.47. The van der Waals surface area contributed by atoms with Crippen LogP contribution in [0.5, 0.6) is 0 Å². The topological polar surface area (TPSA) is 167 Å². The molecule has 2 N–H and O–H groups in total. The summed E-state index contributed by atoms with van der Waals surface area (Å²) in [6.07, 6.45) is 1.15. The van der Waals surface area contributed by atoms with E-state index in [0.717, 1.165) is 11.1 Å². The van der Waals surface area contributed by atoms with E-state index >= 15 is 0 Å². The normalized spacial score (nSPS) is 14.0. The summed E-state index contributed by atoms with van der Waals surface area (Å²) in [5.74, 6) is 0.345. The summed E-state index contributed by atoms with van der Waals surface area (Å²) in [7, 11) is 0. The van der Waals surface area contributed by atoms with E-state index in [0.29, 0.717) is 72.2 Å². The van der Waals surface area contributed by atoms with Crippen LogP contribution in [0.2, 0.25) is 0 Å². The fourth-order valence-corrected chi connectivity index (χ4v) is 6.22. The van der Waals surface area contributed by atoms with Crippen LogP contribution in [0.4, 0.5) is 10.6 Å². The number of nitrogens with zero attached hydrogens (tertiary/aromatic N) is 4. The number of thioether (sulfide) groups is 1. The molecule has 0 radical (unpaired) electrons. The minimum Gasteiger partial charge on any atom is -0.462 e. The molecule has 1 aliphatic heterocycles. The van der Waals surface area contributed by atoms with E-state index in [2.05, 4.69) is 27.7 Å². The number of pyridine rings is 1. The van der Waals surface area contributed by atoms with Crippen LogP contribution in [0.1, 0.15) is 89.1 Å². The fourth-order valence-electron chi connectivity index (χ4n) is 5.26. The Kier molecular flexibility index (Phi) is 14.7. The average molecular weight is 693 g/mol. The second kappa shape index (κ2) is 18.4. The number of carbonyl (C=O) groups is 3. The maximum Gasteiger partial charge on any atom is 0.408 e. The number of anilines is 1. The summed E-state index contributed by atoms with van der Waals surface area (Å²) in [5, 5.41) is 26.2. The van der Waals surface area contributed by atoms with Gasteiger partial charge in [-0.15, -0.1) is 11.8 Å². The average Bonchev–Trinajstić information content (AvgIpc) is 3.06. The van der Waals surface area contributed by atoms with Gasteiger partial charge in [0.1, 0.15) is 41.2 Å². The lowest BCUT2D eigenvalue weighted by Crippen LogP contribution is -2.47. The van der Waals surface area contributed by atoms with Gasteiger partial charge in [0.25, 0.3) is 0 Å². The number of nitrogens with one attached hydrogen (secondary N) is 2. The first kappa shape index (κ1) is 39.1. The highest BCUT2D eigenvalue weighted by atomic mass is 32.2. The Morgan fingerprint density at radius 3 is 2.22 bits per heavy atom. The monoisotopic (exact) mass is 692 g/mol. The highest BCUT2D eigenvalue weighted by Gasteiger charge is 2.29. The molecular weight excluding hydrogens is 644 g/mol. The third kappa shape index (κ3) is 11.9. The number of benzene rings is 1. The van der Waals surface area contributed by atoms with E-state index in [1.807, 2.05) is 45.0 Å².